The van der Waals surface area contributed by atoms with E-state index >= 15 is 0 Å². The summed E-state index contributed by atoms with van der Waals surface area (Å²) in [5.74, 6) is -0.736. The highest BCUT2D eigenvalue weighted by Crippen LogP contribution is 2.12. The van der Waals surface area contributed by atoms with Gasteiger partial charge in [0.15, 0.2) is 6.10 Å². The van der Waals surface area contributed by atoms with Crippen LogP contribution in [0.1, 0.15) is 0 Å². The molecule has 0 bridgehead atoms. The molecule has 1 amide bonds. The van der Waals surface area contributed by atoms with E-state index in [9.17, 15) is 4.79 Å². The summed E-state index contributed by atoms with van der Waals surface area (Å²) < 4.78 is 0. The average Bonchev–Trinajstić information content (AvgIpc) is 2.32. The fourth-order valence-corrected chi connectivity index (χ4v) is 1.12. The first-order valence-corrected chi connectivity index (χ1v) is 3.53. The Balaban J connectivity index is 2.64. The smallest absolute Gasteiger partial charge is 0.252 e. The predicted octanol–water partition coefficient (Wildman–Crippen LogP) is -3.44. The molecule has 0 aromatic heterocycles. The van der Waals surface area contributed by atoms with E-state index < -0.39 is 36.9 Å². The molecule has 6 nitrogen and oxygen atoms in total. The van der Waals surface area contributed by atoms with E-state index in [1.54, 1.807) is 0 Å². The van der Waals surface area contributed by atoms with Gasteiger partial charge in [-0.1, -0.05) is 0 Å². The summed E-state index contributed by atoms with van der Waals surface area (Å²) in [6, 6.07) is -0.988. The molecule has 1 rings (SSSR count). The molecule has 12 heavy (non-hydrogen) atoms. The lowest BCUT2D eigenvalue weighted by atomic mass is 10.1. The van der Waals surface area contributed by atoms with Crippen molar-refractivity contribution in [2.75, 3.05) is 6.61 Å². The summed E-state index contributed by atoms with van der Waals surface area (Å²) in [6.07, 6.45) is -4.13. The number of amides is 1. The van der Waals surface area contributed by atoms with Gasteiger partial charge in [-0.3, -0.25) is 4.79 Å². The van der Waals surface area contributed by atoms with Crippen LogP contribution in [-0.2, 0) is 4.79 Å². The maximum Gasteiger partial charge on any atom is 0.252 e. The van der Waals surface area contributed by atoms with Crippen LogP contribution < -0.4 is 5.32 Å². The Labute approximate surface area is 68.4 Å². The second kappa shape index (κ2) is 3.36. The SMILES string of the molecule is O=C1NC(C(O)CO)C(O)C1O. The maximum absolute atomic E-state index is 10.7. The minimum atomic E-state index is -1.52. The van der Waals surface area contributed by atoms with Crippen LogP contribution >= 0.6 is 0 Å². The third-order valence-electron chi connectivity index (χ3n) is 1.87. The maximum atomic E-state index is 10.7. The Morgan fingerprint density at radius 3 is 2.42 bits per heavy atom. The number of aliphatic hydroxyl groups excluding tert-OH is 4. The lowest BCUT2D eigenvalue weighted by molar-refractivity contribution is -0.128. The van der Waals surface area contributed by atoms with E-state index in [1.807, 2.05) is 0 Å². The van der Waals surface area contributed by atoms with Gasteiger partial charge in [-0.2, -0.15) is 0 Å². The average molecular weight is 177 g/mol. The van der Waals surface area contributed by atoms with Crippen molar-refractivity contribution < 1.29 is 25.2 Å². The Kier molecular flexibility index (Phi) is 2.63. The fourth-order valence-electron chi connectivity index (χ4n) is 1.12. The monoisotopic (exact) mass is 177 g/mol. The number of hydrogen-bond acceptors (Lipinski definition) is 5. The molecule has 0 radical (unpaired) electrons. The highest BCUT2D eigenvalue weighted by Gasteiger charge is 2.43. The van der Waals surface area contributed by atoms with Crippen LogP contribution in [0.4, 0.5) is 0 Å². The van der Waals surface area contributed by atoms with Gasteiger partial charge in [0.1, 0.15) is 6.10 Å². The van der Waals surface area contributed by atoms with Crippen LogP contribution in [0.2, 0.25) is 0 Å². The van der Waals surface area contributed by atoms with Gasteiger partial charge in [-0.15, -0.1) is 0 Å². The molecule has 0 aliphatic carbocycles. The first-order valence-electron chi connectivity index (χ1n) is 3.53. The van der Waals surface area contributed by atoms with Gasteiger partial charge in [0.25, 0.3) is 5.91 Å². The standard InChI is InChI=1S/C6H11NO5/c8-1-2(9)3-4(10)5(11)6(12)7-3/h2-5,8-11H,1H2,(H,7,12). The molecule has 1 saturated heterocycles. The lowest BCUT2D eigenvalue weighted by Gasteiger charge is -2.18. The van der Waals surface area contributed by atoms with Crippen molar-refractivity contribution in [3.05, 3.63) is 0 Å². The van der Waals surface area contributed by atoms with Crippen molar-refractivity contribution in [3.8, 4) is 0 Å². The molecule has 0 saturated carbocycles. The number of aliphatic hydroxyl groups is 4. The summed E-state index contributed by atoms with van der Waals surface area (Å²) in [7, 11) is 0. The second-order valence-corrected chi connectivity index (χ2v) is 2.72. The zero-order chi connectivity index (χ0) is 9.30. The lowest BCUT2D eigenvalue weighted by Crippen LogP contribution is -2.45. The van der Waals surface area contributed by atoms with E-state index in [0.29, 0.717) is 0 Å². The van der Waals surface area contributed by atoms with E-state index in [1.165, 1.54) is 0 Å². The Hall–Kier alpha value is -0.690. The number of rotatable bonds is 2. The largest absolute Gasteiger partial charge is 0.394 e. The molecule has 5 N–H and O–H groups in total. The molecule has 1 fully saturated rings. The van der Waals surface area contributed by atoms with Gasteiger partial charge in [0.2, 0.25) is 0 Å². The minimum absolute atomic E-state index is 0.575. The number of nitrogens with one attached hydrogen (secondary N) is 1. The predicted molar refractivity (Wildman–Crippen MR) is 37.0 cm³/mol. The molecule has 1 aliphatic rings. The second-order valence-electron chi connectivity index (χ2n) is 2.72. The Bertz CT molecular complexity index is 185. The molecule has 6 heteroatoms. The zero-order valence-electron chi connectivity index (χ0n) is 6.21. The van der Waals surface area contributed by atoms with Crippen molar-refractivity contribution >= 4 is 5.91 Å². The summed E-state index contributed by atoms with van der Waals surface area (Å²) in [5, 5.41) is 37.7. The van der Waals surface area contributed by atoms with Crippen molar-refractivity contribution in [2.45, 2.75) is 24.4 Å². The van der Waals surface area contributed by atoms with Crippen LogP contribution in [-0.4, -0.2) is 57.3 Å². The number of carbonyl (C=O) groups excluding carboxylic acids is 1. The first-order chi connectivity index (χ1) is 5.57. The van der Waals surface area contributed by atoms with Gasteiger partial charge in [-0.25, -0.2) is 0 Å². The van der Waals surface area contributed by atoms with Gasteiger partial charge in [-0.05, 0) is 0 Å². The van der Waals surface area contributed by atoms with Crippen molar-refractivity contribution in [1.82, 2.24) is 5.32 Å². The summed E-state index contributed by atoms with van der Waals surface area (Å²) in [4.78, 5) is 10.7. The summed E-state index contributed by atoms with van der Waals surface area (Å²) >= 11 is 0. The summed E-state index contributed by atoms with van der Waals surface area (Å²) in [6.45, 7) is -0.575. The molecule has 4 atom stereocenters. The van der Waals surface area contributed by atoms with E-state index in [4.69, 9.17) is 20.4 Å². The molecule has 4 unspecified atom stereocenters. The molecule has 1 heterocycles. The van der Waals surface area contributed by atoms with Gasteiger partial charge < -0.3 is 25.7 Å². The zero-order valence-corrected chi connectivity index (χ0v) is 6.21. The minimum Gasteiger partial charge on any atom is -0.394 e. The molecular weight excluding hydrogens is 166 g/mol. The Morgan fingerprint density at radius 1 is 1.50 bits per heavy atom. The summed E-state index contributed by atoms with van der Waals surface area (Å²) in [5.41, 5.74) is 0. The van der Waals surface area contributed by atoms with Crippen LogP contribution in [0.15, 0.2) is 0 Å². The van der Waals surface area contributed by atoms with Crippen LogP contribution in [0.5, 0.6) is 0 Å². The van der Waals surface area contributed by atoms with Gasteiger partial charge >= 0.3 is 0 Å². The fraction of sp³-hybridized carbons (Fsp3) is 0.833. The molecule has 70 valence electrons. The van der Waals surface area contributed by atoms with Crippen LogP contribution in [0, 0.1) is 0 Å². The Morgan fingerprint density at radius 2 is 2.08 bits per heavy atom. The van der Waals surface area contributed by atoms with Crippen LogP contribution in [0.3, 0.4) is 0 Å². The van der Waals surface area contributed by atoms with Gasteiger partial charge in [0.05, 0.1) is 18.8 Å². The van der Waals surface area contributed by atoms with E-state index in [0.717, 1.165) is 0 Å². The third-order valence-corrected chi connectivity index (χ3v) is 1.87. The number of hydrogen-bond donors (Lipinski definition) is 5. The topological polar surface area (TPSA) is 110 Å². The molecule has 1 aliphatic heterocycles. The highest BCUT2D eigenvalue weighted by molar-refractivity contribution is 5.84. The van der Waals surface area contributed by atoms with Crippen molar-refractivity contribution in [3.63, 3.8) is 0 Å². The van der Waals surface area contributed by atoms with Crippen molar-refractivity contribution in [2.24, 2.45) is 0 Å². The molecule has 0 aromatic rings. The molecule has 0 spiro atoms. The van der Waals surface area contributed by atoms with Crippen molar-refractivity contribution in [1.29, 1.82) is 0 Å². The normalized spacial score (nSPS) is 38.0. The quantitative estimate of drug-likeness (QED) is 0.301. The first kappa shape index (κ1) is 9.40. The number of carbonyl (C=O) groups is 1. The van der Waals surface area contributed by atoms with Crippen LogP contribution in [0.25, 0.3) is 0 Å². The van der Waals surface area contributed by atoms with E-state index in [2.05, 4.69) is 5.32 Å². The van der Waals surface area contributed by atoms with E-state index in [-0.39, 0.29) is 0 Å². The highest BCUT2D eigenvalue weighted by atomic mass is 16.4. The molecule has 0 aromatic carbocycles. The third kappa shape index (κ3) is 1.42. The van der Waals surface area contributed by atoms with Gasteiger partial charge in [0, 0.05) is 0 Å². The molecular formula is C6H11NO5.